The molecule has 0 aliphatic heterocycles. The van der Waals surface area contributed by atoms with Crippen molar-refractivity contribution in [2.75, 3.05) is 30.4 Å². The smallest absolute Gasteiger partial charge is 0.203 e. The SMILES string of the molecule is OCCOCc1cn(CCNc2nonc2C(=NO)Nc2ccc(F)c(Br)c2)nn1. The molecule has 0 unspecified atom stereocenters. The third kappa shape index (κ3) is 5.71. The van der Waals surface area contributed by atoms with E-state index in [0.717, 1.165) is 0 Å². The maximum Gasteiger partial charge on any atom is 0.203 e. The van der Waals surface area contributed by atoms with Gasteiger partial charge in [0.1, 0.15) is 11.5 Å². The highest BCUT2D eigenvalue weighted by atomic mass is 79.9. The van der Waals surface area contributed by atoms with Crippen molar-refractivity contribution in [3.05, 3.63) is 46.1 Å². The number of anilines is 2. The van der Waals surface area contributed by atoms with Gasteiger partial charge < -0.3 is 25.7 Å². The lowest BCUT2D eigenvalue weighted by molar-refractivity contribution is 0.0796. The van der Waals surface area contributed by atoms with Crippen molar-refractivity contribution in [1.82, 2.24) is 25.3 Å². The van der Waals surface area contributed by atoms with Crippen LogP contribution in [0.15, 0.2) is 38.7 Å². The zero-order valence-corrected chi connectivity index (χ0v) is 17.1. The number of benzene rings is 1. The van der Waals surface area contributed by atoms with Crippen molar-refractivity contribution in [2.24, 2.45) is 5.16 Å². The molecule has 0 saturated carbocycles. The molecule has 3 rings (SSSR count). The van der Waals surface area contributed by atoms with E-state index in [-0.39, 0.29) is 41.6 Å². The molecule has 1 aromatic carbocycles. The van der Waals surface area contributed by atoms with Gasteiger partial charge in [0.25, 0.3) is 0 Å². The Morgan fingerprint density at radius 3 is 3.00 bits per heavy atom. The largest absolute Gasteiger partial charge is 0.409 e. The molecule has 0 aliphatic carbocycles. The fraction of sp³-hybridized carbons (Fsp3) is 0.312. The molecular formula is C16H18BrFN8O4. The first-order valence-corrected chi connectivity index (χ1v) is 9.48. The lowest BCUT2D eigenvalue weighted by Crippen LogP contribution is -2.18. The quantitative estimate of drug-likeness (QED) is 0.109. The van der Waals surface area contributed by atoms with Crippen LogP contribution in [-0.4, -0.2) is 61.2 Å². The summed E-state index contributed by atoms with van der Waals surface area (Å²) in [4.78, 5) is 0. The van der Waals surface area contributed by atoms with Crippen molar-refractivity contribution in [3.8, 4) is 0 Å². The van der Waals surface area contributed by atoms with Crippen LogP contribution in [0.3, 0.4) is 0 Å². The summed E-state index contributed by atoms with van der Waals surface area (Å²) in [5.74, 6) is -0.228. The first-order valence-electron chi connectivity index (χ1n) is 8.69. The van der Waals surface area contributed by atoms with Crippen LogP contribution in [0.1, 0.15) is 11.4 Å². The normalized spacial score (nSPS) is 11.6. The second kappa shape index (κ2) is 10.6. The molecule has 0 atom stereocenters. The Hall–Kier alpha value is -3.10. The zero-order chi connectivity index (χ0) is 21.3. The van der Waals surface area contributed by atoms with E-state index in [4.69, 9.17) is 14.5 Å². The summed E-state index contributed by atoms with van der Waals surface area (Å²) in [7, 11) is 0. The molecule has 0 bridgehead atoms. The number of ether oxygens (including phenoxy) is 1. The number of rotatable bonds is 10. The second-order valence-electron chi connectivity index (χ2n) is 5.84. The second-order valence-corrected chi connectivity index (χ2v) is 6.69. The number of aromatic nitrogens is 5. The highest BCUT2D eigenvalue weighted by Crippen LogP contribution is 2.21. The summed E-state index contributed by atoms with van der Waals surface area (Å²) in [6.07, 6.45) is 1.72. The number of aliphatic hydroxyl groups excluding tert-OH is 1. The van der Waals surface area contributed by atoms with Crippen LogP contribution in [0.25, 0.3) is 0 Å². The average Bonchev–Trinajstić information content (AvgIpc) is 3.39. The molecule has 160 valence electrons. The van der Waals surface area contributed by atoms with E-state index in [2.05, 4.69) is 52.3 Å². The Labute approximate surface area is 177 Å². The van der Waals surface area contributed by atoms with Crippen LogP contribution in [0.2, 0.25) is 0 Å². The minimum Gasteiger partial charge on any atom is -0.409 e. The fourth-order valence-corrected chi connectivity index (χ4v) is 2.72. The lowest BCUT2D eigenvalue weighted by atomic mass is 10.3. The third-order valence-electron chi connectivity index (χ3n) is 3.70. The van der Waals surface area contributed by atoms with Gasteiger partial charge in [0, 0.05) is 12.2 Å². The molecule has 4 N–H and O–H groups in total. The molecule has 2 heterocycles. The van der Waals surface area contributed by atoms with Crippen molar-refractivity contribution >= 4 is 33.3 Å². The predicted molar refractivity (Wildman–Crippen MR) is 106 cm³/mol. The number of amidine groups is 1. The van der Waals surface area contributed by atoms with E-state index in [1.54, 1.807) is 10.9 Å². The number of oxime groups is 1. The predicted octanol–water partition coefficient (Wildman–Crippen LogP) is 1.43. The van der Waals surface area contributed by atoms with Gasteiger partial charge in [-0.3, -0.25) is 4.68 Å². The van der Waals surface area contributed by atoms with Crippen LogP contribution in [-0.2, 0) is 17.9 Å². The Morgan fingerprint density at radius 2 is 2.23 bits per heavy atom. The van der Waals surface area contributed by atoms with E-state index >= 15 is 0 Å². The third-order valence-corrected chi connectivity index (χ3v) is 4.31. The number of hydrogen-bond donors (Lipinski definition) is 4. The molecule has 14 heteroatoms. The van der Waals surface area contributed by atoms with Gasteiger partial charge in [-0.1, -0.05) is 10.4 Å². The summed E-state index contributed by atoms with van der Waals surface area (Å²) < 4.78 is 25.2. The minimum absolute atomic E-state index is 0.0404. The molecule has 0 fully saturated rings. The average molecular weight is 485 g/mol. The van der Waals surface area contributed by atoms with Crippen molar-refractivity contribution in [2.45, 2.75) is 13.2 Å². The van der Waals surface area contributed by atoms with E-state index in [1.807, 2.05) is 0 Å². The van der Waals surface area contributed by atoms with E-state index in [9.17, 15) is 9.60 Å². The van der Waals surface area contributed by atoms with Gasteiger partial charge in [-0.05, 0) is 44.4 Å². The molecule has 12 nitrogen and oxygen atoms in total. The van der Waals surface area contributed by atoms with Crippen molar-refractivity contribution in [1.29, 1.82) is 0 Å². The van der Waals surface area contributed by atoms with E-state index in [1.165, 1.54) is 18.2 Å². The number of hydrogen-bond acceptors (Lipinski definition) is 10. The Balaban J connectivity index is 1.57. The summed E-state index contributed by atoms with van der Waals surface area (Å²) >= 11 is 3.09. The zero-order valence-electron chi connectivity index (χ0n) is 15.5. The maximum absolute atomic E-state index is 13.4. The Kier molecular flexibility index (Phi) is 7.64. The van der Waals surface area contributed by atoms with Gasteiger partial charge in [0.2, 0.25) is 11.7 Å². The van der Waals surface area contributed by atoms with Gasteiger partial charge >= 0.3 is 0 Å². The topological polar surface area (TPSA) is 156 Å². The van der Waals surface area contributed by atoms with E-state index < -0.39 is 5.82 Å². The van der Waals surface area contributed by atoms with Gasteiger partial charge in [-0.25, -0.2) is 9.02 Å². The molecule has 30 heavy (non-hydrogen) atoms. The summed E-state index contributed by atoms with van der Waals surface area (Å²) in [5.41, 5.74) is 1.23. The monoisotopic (exact) mass is 484 g/mol. The fourth-order valence-electron chi connectivity index (χ4n) is 2.35. The number of aliphatic hydroxyl groups is 1. The molecule has 2 aromatic heterocycles. The van der Waals surface area contributed by atoms with Crippen molar-refractivity contribution in [3.63, 3.8) is 0 Å². The number of halogens is 2. The number of nitrogens with one attached hydrogen (secondary N) is 2. The molecule has 0 amide bonds. The molecule has 0 spiro atoms. The van der Waals surface area contributed by atoms with Crippen LogP contribution >= 0.6 is 15.9 Å². The van der Waals surface area contributed by atoms with Gasteiger partial charge in [0.05, 0.1) is 37.0 Å². The number of nitrogens with zero attached hydrogens (tertiary/aromatic N) is 6. The highest BCUT2D eigenvalue weighted by Gasteiger charge is 2.18. The molecule has 0 saturated heterocycles. The van der Waals surface area contributed by atoms with Crippen LogP contribution in [0.4, 0.5) is 15.9 Å². The molecule has 3 aromatic rings. The van der Waals surface area contributed by atoms with Gasteiger partial charge in [-0.15, -0.1) is 5.10 Å². The highest BCUT2D eigenvalue weighted by molar-refractivity contribution is 9.10. The summed E-state index contributed by atoms with van der Waals surface area (Å²) in [6.45, 7) is 1.27. The summed E-state index contributed by atoms with van der Waals surface area (Å²) in [5, 5.41) is 42.5. The Morgan fingerprint density at radius 1 is 1.37 bits per heavy atom. The molecule has 0 aliphatic rings. The minimum atomic E-state index is -0.426. The van der Waals surface area contributed by atoms with Crippen LogP contribution in [0, 0.1) is 5.82 Å². The first kappa shape index (κ1) is 21.6. The first-order chi connectivity index (χ1) is 14.6. The molecular weight excluding hydrogens is 467 g/mol. The van der Waals surface area contributed by atoms with Gasteiger partial charge in [0.15, 0.2) is 5.69 Å². The van der Waals surface area contributed by atoms with Crippen LogP contribution < -0.4 is 10.6 Å². The lowest BCUT2D eigenvalue weighted by Gasteiger charge is -2.08. The van der Waals surface area contributed by atoms with Crippen molar-refractivity contribution < 1.29 is 24.1 Å². The standard InChI is InChI=1S/C16H18BrFN8O4/c17-12-7-10(1-2-13(12)18)20-16(22-28)14-15(24-30-23-14)19-3-4-26-8-11(21-25-26)9-29-6-5-27/h1-2,7-8,27-28H,3-6,9H2,(H,19,24)(H,20,22). The Bertz CT molecular complexity index is 995. The van der Waals surface area contributed by atoms with Crippen LogP contribution in [0.5, 0.6) is 0 Å². The van der Waals surface area contributed by atoms with E-state index in [0.29, 0.717) is 24.5 Å². The molecule has 0 radical (unpaired) electrons. The van der Waals surface area contributed by atoms with Gasteiger partial charge in [-0.2, -0.15) is 0 Å². The summed E-state index contributed by atoms with van der Waals surface area (Å²) in [6, 6.07) is 4.20. The maximum atomic E-state index is 13.4.